The van der Waals surface area contributed by atoms with Gasteiger partial charge in [0.1, 0.15) is 5.41 Å². The fourth-order valence-electron chi connectivity index (χ4n) is 3.79. The smallest absolute Gasteiger partial charge is 0.289 e. The maximum Gasteiger partial charge on any atom is 0.289 e. The summed E-state index contributed by atoms with van der Waals surface area (Å²) in [5.74, 6) is -0.191. The van der Waals surface area contributed by atoms with Gasteiger partial charge in [0.2, 0.25) is 11.8 Å². The number of nitrogens with one attached hydrogen (secondary N) is 1. The summed E-state index contributed by atoms with van der Waals surface area (Å²) in [4.78, 5) is 41.7. The average Bonchev–Trinajstić information content (AvgIpc) is 3.40. The molecule has 1 atom stereocenters. The molecule has 2 aliphatic rings. The van der Waals surface area contributed by atoms with Crippen LogP contribution in [0.25, 0.3) is 0 Å². The first-order valence-corrected chi connectivity index (χ1v) is 9.99. The molecule has 4 rings (SSSR count). The van der Waals surface area contributed by atoms with E-state index in [1.807, 2.05) is 37.3 Å². The highest BCUT2D eigenvalue weighted by molar-refractivity contribution is 6.08. The van der Waals surface area contributed by atoms with Crippen molar-refractivity contribution < 1.29 is 18.8 Å². The van der Waals surface area contributed by atoms with Crippen LogP contribution in [0.4, 0.5) is 0 Å². The summed E-state index contributed by atoms with van der Waals surface area (Å²) in [6, 6.07) is 12.9. The summed E-state index contributed by atoms with van der Waals surface area (Å²) in [6.45, 7) is 3.64. The van der Waals surface area contributed by atoms with Crippen molar-refractivity contribution in [1.29, 1.82) is 0 Å². The first-order valence-electron chi connectivity index (χ1n) is 9.99. The molecule has 152 valence electrons. The van der Waals surface area contributed by atoms with Gasteiger partial charge in [-0.3, -0.25) is 14.4 Å². The van der Waals surface area contributed by atoms with Gasteiger partial charge >= 0.3 is 0 Å². The highest BCUT2D eigenvalue weighted by Crippen LogP contribution is 2.48. The number of carbonyl (C=O) groups is 3. The predicted molar refractivity (Wildman–Crippen MR) is 106 cm³/mol. The second-order valence-electron chi connectivity index (χ2n) is 7.75. The Morgan fingerprint density at radius 2 is 1.62 bits per heavy atom. The summed E-state index contributed by atoms with van der Waals surface area (Å²) in [6.07, 6.45) is 2.62. The molecule has 2 aromatic rings. The second kappa shape index (κ2) is 7.73. The van der Waals surface area contributed by atoms with E-state index in [1.165, 1.54) is 6.26 Å². The molecular weight excluding hydrogens is 370 g/mol. The lowest BCUT2D eigenvalue weighted by atomic mass is 10.0. The zero-order chi connectivity index (χ0) is 20.4. The Morgan fingerprint density at radius 1 is 0.966 bits per heavy atom. The molecule has 1 aromatic carbocycles. The topological polar surface area (TPSA) is 82.9 Å². The van der Waals surface area contributed by atoms with E-state index in [0.29, 0.717) is 44.8 Å². The second-order valence-corrected chi connectivity index (χ2v) is 7.75. The van der Waals surface area contributed by atoms with Crippen molar-refractivity contribution in [2.45, 2.75) is 25.8 Å². The van der Waals surface area contributed by atoms with E-state index < -0.39 is 5.41 Å². The molecule has 0 radical (unpaired) electrons. The minimum absolute atomic E-state index is 0.125. The predicted octanol–water partition coefficient (Wildman–Crippen LogP) is 2.22. The molecule has 2 heterocycles. The van der Waals surface area contributed by atoms with E-state index in [0.717, 1.165) is 5.56 Å². The van der Waals surface area contributed by atoms with E-state index in [-0.39, 0.29) is 23.8 Å². The van der Waals surface area contributed by atoms with Crippen molar-refractivity contribution in [2.24, 2.45) is 5.41 Å². The zero-order valence-corrected chi connectivity index (χ0v) is 16.5. The molecule has 1 aromatic heterocycles. The van der Waals surface area contributed by atoms with Crippen molar-refractivity contribution >= 4 is 17.7 Å². The SMILES string of the molecule is CC(NC(=O)C1(C(=O)N2CCN(C(=O)c3ccco3)CC2)CC1)c1ccccc1. The van der Waals surface area contributed by atoms with E-state index in [9.17, 15) is 14.4 Å². The molecule has 1 unspecified atom stereocenters. The van der Waals surface area contributed by atoms with Crippen molar-refractivity contribution in [3.63, 3.8) is 0 Å². The van der Waals surface area contributed by atoms with E-state index in [4.69, 9.17) is 4.42 Å². The summed E-state index contributed by atoms with van der Waals surface area (Å²) >= 11 is 0. The third kappa shape index (κ3) is 3.77. The number of piperazine rings is 1. The number of nitrogens with zero attached hydrogens (tertiary/aromatic N) is 2. The van der Waals surface area contributed by atoms with Crippen molar-refractivity contribution in [1.82, 2.24) is 15.1 Å². The van der Waals surface area contributed by atoms with Gasteiger partial charge in [0, 0.05) is 26.2 Å². The largest absolute Gasteiger partial charge is 0.459 e. The number of hydrogen-bond donors (Lipinski definition) is 1. The Kier molecular flexibility index (Phi) is 5.13. The maximum absolute atomic E-state index is 13.1. The van der Waals surface area contributed by atoms with Gasteiger partial charge in [-0.25, -0.2) is 0 Å². The fraction of sp³-hybridized carbons (Fsp3) is 0.409. The normalized spacial score (nSPS) is 18.8. The quantitative estimate of drug-likeness (QED) is 0.787. The lowest BCUT2D eigenvalue weighted by Crippen LogP contribution is -2.54. The van der Waals surface area contributed by atoms with Gasteiger partial charge in [0.05, 0.1) is 12.3 Å². The standard InChI is InChI=1S/C22H25N3O4/c1-16(17-6-3-2-4-7-17)23-20(27)22(9-10-22)21(28)25-13-11-24(12-14-25)19(26)18-8-5-15-29-18/h2-8,15-16H,9-14H2,1H3,(H,23,27). The van der Waals surface area contributed by atoms with Gasteiger partial charge in [-0.2, -0.15) is 0 Å². The molecule has 29 heavy (non-hydrogen) atoms. The lowest BCUT2D eigenvalue weighted by molar-refractivity contribution is -0.145. The van der Waals surface area contributed by atoms with Crippen LogP contribution < -0.4 is 5.32 Å². The third-order valence-corrected chi connectivity index (χ3v) is 5.83. The molecule has 0 bridgehead atoms. The van der Waals surface area contributed by atoms with Crippen LogP contribution in [0.15, 0.2) is 53.1 Å². The van der Waals surface area contributed by atoms with Crippen molar-refractivity contribution in [3.8, 4) is 0 Å². The summed E-state index contributed by atoms with van der Waals surface area (Å²) < 4.78 is 5.17. The van der Waals surface area contributed by atoms with Crippen LogP contribution in [0.5, 0.6) is 0 Å². The van der Waals surface area contributed by atoms with Crippen LogP contribution in [0, 0.1) is 5.41 Å². The number of benzene rings is 1. The lowest BCUT2D eigenvalue weighted by Gasteiger charge is -2.36. The molecule has 1 saturated carbocycles. The van der Waals surface area contributed by atoms with E-state index >= 15 is 0 Å². The van der Waals surface area contributed by atoms with Gasteiger partial charge < -0.3 is 19.5 Å². The molecule has 7 nitrogen and oxygen atoms in total. The minimum Gasteiger partial charge on any atom is -0.459 e. The van der Waals surface area contributed by atoms with Crippen molar-refractivity contribution in [2.75, 3.05) is 26.2 Å². The van der Waals surface area contributed by atoms with Crippen LogP contribution in [-0.4, -0.2) is 53.7 Å². The molecule has 1 N–H and O–H groups in total. The Balaban J connectivity index is 1.34. The van der Waals surface area contributed by atoms with Gasteiger partial charge in [-0.05, 0) is 37.5 Å². The molecule has 7 heteroatoms. The number of furan rings is 1. The summed E-state index contributed by atoms with van der Waals surface area (Å²) in [5, 5.41) is 3.00. The van der Waals surface area contributed by atoms with Gasteiger partial charge in [-0.15, -0.1) is 0 Å². The molecule has 1 aliphatic carbocycles. The van der Waals surface area contributed by atoms with Crippen LogP contribution in [-0.2, 0) is 9.59 Å². The first-order chi connectivity index (χ1) is 14.0. The molecule has 1 saturated heterocycles. The van der Waals surface area contributed by atoms with Gasteiger partial charge in [0.15, 0.2) is 5.76 Å². The highest BCUT2D eigenvalue weighted by Gasteiger charge is 2.58. The Labute approximate surface area is 169 Å². The number of hydrogen-bond acceptors (Lipinski definition) is 4. The van der Waals surface area contributed by atoms with Crippen LogP contribution >= 0.6 is 0 Å². The fourth-order valence-corrected chi connectivity index (χ4v) is 3.79. The molecule has 1 aliphatic heterocycles. The Hall–Kier alpha value is -3.09. The summed E-state index contributed by atoms with van der Waals surface area (Å²) in [7, 11) is 0. The molecule has 2 fully saturated rings. The molecular formula is C22H25N3O4. The van der Waals surface area contributed by atoms with Crippen molar-refractivity contribution in [3.05, 3.63) is 60.1 Å². The third-order valence-electron chi connectivity index (χ3n) is 5.83. The Morgan fingerprint density at radius 3 is 2.21 bits per heavy atom. The van der Waals surface area contributed by atoms with E-state index in [2.05, 4.69) is 5.32 Å². The number of rotatable bonds is 5. The first kappa shape index (κ1) is 19.2. The highest BCUT2D eigenvalue weighted by atomic mass is 16.3. The van der Waals surface area contributed by atoms with E-state index in [1.54, 1.807) is 21.9 Å². The zero-order valence-electron chi connectivity index (χ0n) is 16.5. The molecule has 0 spiro atoms. The monoisotopic (exact) mass is 395 g/mol. The maximum atomic E-state index is 13.1. The van der Waals surface area contributed by atoms with Gasteiger partial charge in [0.25, 0.3) is 5.91 Å². The van der Waals surface area contributed by atoms with Crippen LogP contribution in [0.1, 0.15) is 41.9 Å². The van der Waals surface area contributed by atoms with Crippen LogP contribution in [0.3, 0.4) is 0 Å². The minimum atomic E-state index is -0.948. The summed E-state index contributed by atoms with van der Waals surface area (Å²) in [5.41, 5.74) is 0.0603. The number of carbonyl (C=O) groups excluding carboxylic acids is 3. The number of amides is 3. The average molecular weight is 395 g/mol. The molecule has 3 amide bonds. The van der Waals surface area contributed by atoms with Crippen LogP contribution in [0.2, 0.25) is 0 Å². The Bertz CT molecular complexity index is 882. The van der Waals surface area contributed by atoms with Gasteiger partial charge in [-0.1, -0.05) is 30.3 Å².